The topological polar surface area (TPSA) is 153 Å². The second-order valence-corrected chi connectivity index (χ2v) is 12.8. The Morgan fingerprint density at radius 2 is 1.63 bits per heavy atom. The fraction of sp³-hybridized carbons (Fsp3) is 0.704. The lowest BCUT2D eigenvalue weighted by Gasteiger charge is -2.28. The lowest BCUT2D eigenvalue weighted by atomic mass is 10.1. The average molecular weight is 576 g/mol. The third-order valence-electron chi connectivity index (χ3n) is 6.73. The molecule has 0 radical (unpaired) electrons. The quantitative estimate of drug-likeness (QED) is 0.384. The van der Waals surface area contributed by atoms with E-state index in [1.807, 2.05) is 0 Å². The van der Waals surface area contributed by atoms with Crippen molar-refractivity contribution in [3.8, 4) is 0 Å². The molecule has 2 aromatic rings. The van der Waals surface area contributed by atoms with Gasteiger partial charge in [0, 0.05) is 0 Å². The van der Waals surface area contributed by atoms with Gasteiger partial charge in [-0.1, -0.05) is 0 Å². The van der Waals surface area contributed by atoms with Crippen LogP contribution in [0.25, 0.3) is 11.2 Å². The number of imide groups is 1. The highest BCUT2D eigenvalue weighted by molar-refractivity contribution is 6.12. The van der Waals surface area contributed by atoms with Gasteiger partial charge in [0.1, 0.15) is 35.3 Å². The minimum atomic E-state index is -0.984. The molecule has 5 rings (SSSR count). The molecule has 3 fully saturated rings. The molecule has 5 atom stereocenters. The first kappa shape index (κ1) is 29.1. The molecule has 4 heterocycles. The van der Waals surface area contributed by atoms with Gasteiger partial charge in [-0.05, 0) is 68.7 Å². The molecule has 2 aromatic heterocycles. The first-order valence-corrected chi connectivity index (χ1v) is 13.6. The van der Waals surface area contributed by atoms with E-state index in [9.17, 15) is 14.4 Å². The zero-order chi connectivity index (χ0) is 30.1. The Hall–Kier alpha value is -3.36. The summed E-state index contributed by atoms with van der Waals surface area (Å²) in [5.41, 5.74) is -2.36. The predicted octanol–water partition coefficient (Wildman–Crippen LogP) is 3.87. The number of esters is 1. The van der Waals surface area contributed by atoms with Crippen LogP contribution in [0.15, 0.2) is 12.7 Å². The Morgan fingerprint density at radius 1 is 1.00 bits per heavy atom. The first-order valence-electron chi connectivity index (χ1n) is 13.6. The summed E-state index contributed by atoms with van der Waals surface area (Å²) in [7, 11) is 0. The molecule has 0 bridgehead atoms. The van der Waals surface area contributed by atoms with Crippen LogP contribution in [-0.2, 0) is 33.2 Å². The zero-order valence-electron chi connectivity index (χ0n) is 24.8. The standard InChI is InChI=1S/C27H37N5O9/c1-10-36-21(33)14-11-27(14)17-16(37-26(8,9)38-17)20(39-27)31-13-30-15-18(31)28-12-29-19(15)32(22(34)40-24(2,3)4)23(35)41-25(5,6)7/h12-14,16-17,20H,10-11H2,1-9H3/t14-,16?,17-,20?,27+/m1/s1. The van der Waals surface area contributed by atoms with Crippen LogP contribution in [0.3, 0.4) is 0 Å². The van der Waals surface area contributed by atoms with Gasteiger partial charge >= 0.3 is 18.2 Å². The van der Waals surface area contributed by atoms with Crippen molar-refractivity contribution in [2.45, 2.75) is 110 Å². The van der Waals surface area contributed by atoms with Gasteiger partial charge in [0.25, 0.3) is 0 Å². The number of ether oxygens (including phenoxy) is 6. The Bertz CT molecular complexity index is 1350. The van der Waals surface area contributed by atoms with Crippen molar-refractivity contribution in [3.63, 3.8) is 0 Å². The van der Waals surface area contributed by atoms with Crippen molar-refractivity contribution in [1.29, 1.82) is 0 Å². The minimum absolute atomic E-state index is 0.124. The van der Waals surface area contributed by atoms with Crippen LogP contribution in [0.1, 0.15) is 75.0 Å². The van der Waals surface area contributed by atoms with E-state index in [0.29, 0.717) is 11.3 Å². The van der Waals surface area contributed by atoms with Crippen LogP contribution in [0.5, 0.6) is 0 Å². The number of carbonyl (C=O) groups is 3. The monoisotopic (exact) mass is 575 g/mol. The van der Waals surface area contributed by atoms with Crippen molar-refractivity contribution < 1.29 is 42.8 Å². The van der Waals surface area contributed by atoms with Gasteiger partial charge in [0.2, 0.25) is 0 Å². The molecule has 224 valence electrons. The summed E-state index contributed by atoms with van der Waals surface area (Å²) in [6, 6.07) is 0. The van der Waals surface area contributed by atoms with Gasteiger partial charge in [0.15, 0.2) is 29.0 Å². The van der Waals surface area contributed by atoms with E-state index < -0.39 is 59.1 Å². The molecule has 3 aliphatic rings. The van der Waals surface area contributed by atoms with Crippen LogP contribution in [0.2, 0.25) is 0 Å². The molecular formula is C27H37N5O9. The van der Waals surface area contributed by atoms with E-state index in [2.05, 4.69) is 15.0 Å². The van der Waals surface area contributed by atoms with Gasteiger partial charge in [-0.25, -0.2) is 24.5 Å². The number of fused-ring (bicyclic) bond motifs is 3. The number of nitrogens with zero attached hydrogens (tertiary/aromatic N) is 5. The summed E-state index contributed by atoms with van der Waals surface area (Å²) in [5, 5.41) is 0. The summed E-state index contributed by atoms with van der Waals surface area (Å²) >= 11 is 0. The summed E-state index contributed by atoms with van der Waals surface area (Å²) < 4.78 is 36.8. The van der Waals surface area contributed by atoms with Crippen LogP contribution in [0.4, 0.5) is 15.4 Å². The van der Waals surface area contributed by atoms with Crippen LogP contribution >= 0.6 is 0 Å². The maximum absolute atomic E-state index is 13.3. The maximum atomic E-state index is 13.3. The van der Waals surface area contributed by atoms with Crippen molar-refractivity contribution in [1.82, 2.24) is 19.5 Å². The number of anilines is 1. The number of carbonyl (C=O) groups excluding carboxylic acids is 3. The highest BCUT2D eigenvalue weighted by Gasteiger charge is 2.76. The summed E-state index contributed by atoms with van der Waals surface area (Å²) in [4.78, 5) is 52.9. The van der Waals surface area contributed by atoms with Crippen LogP contribution in [0, 0.1) is 5.92 Å². The summed E-state index contributed by atoms with van der Waals surface area (Å²) in [5.74, 6) is -1.91. The molecule has 1 aliphatic carbocycles. The molecule has 0 aromatic carbocycles. The van der Waals surface area contributed by atoms with Gasteiger partial charge < -0.3 is 28.4 Å². The van der Waals surface area contributed by atoms with Crippen LogP contribution < -0.4 is 4.90 Å². The summed E-state index contributed by atoms with van der Waals surface area (Å²) in [6.07, 6.45) is -0.824. The predicted molar refractivity (Wildman–Crippen MR) is 142 cm³/mol. The molecule has 2 saturated heterocycles. The lowest BCUT2D eigenvalue weighted by Crippen LogP contribution is -2.44. The van der Waals surface area contributed by atoms with E-state index in [1.54, 1.807) is 66.9 Å². The van der Waals surface area contributed by atoms with E-state index in [-0.39, 0.29) is 29.6 Å². The smallest absolute Gasteiger partial charge is 0.425 e. The third kappa shape index (κ3) is 5.35. The van der Waals surface area contributed by atoms with E-state index >= 15 is 0 Å². The lowest BCUT2D eigenvalue weighted by molar-refractivity contribution is -0.205. The second-order valence-electron chi connectivity index (χ2n) is 12.8. The van der Waals surface area contributed by atoms with Crippen molar-refractivity contribution in [2.24, 2.45) is 5.92 Å². The molecule has 2 unspecified atom stereocenters. The average Bonchev–Trinajstić information content (AvgIpc) is 3.06. The Morgan fingerprint density at radius 3 is 2.22 bits per heavy atom. The fourth-order valence-corrected chi connectivity index (χ4v) is 5.23. The fourth-order valence-electron chi connectivity index (χ4n) is 5.23. The van der Waals surface area contributed by atoms with E-state index in [1.165, 1.54) is 12.7 Å². The molecule has 14 heteroatoms. The highest BCUT2D eigenvalue weighted by Crippen LogP contribution is 2.62. The van der Waals surface area contributed by atoms with Crippen LogP contribution in [-0.4, -0.2) is 79.1 Å². The maximum Gasteiger partial charge on any atom is 0.425 e. The molecule has 2 aliphatic heterocycles. The number of aromatic nitrogens is 4. The van der Waals surface area contributed by atoms with Crippen molar-refractivity contribution in [3.05, 3.63) is 12.7 Å². The van der Waals surface area contributed by atoms with Gasteiger partial charge in [0.05, 0.1) is 18.9 Å². The summed E-state index contributed by atoms with van der Waals surface area (Å²) in [6.45, 7) is 15.7. The minimum Gasteiger partial charge on any atom is -0.466 e. The molecule has 2 amide bonds. The van der Waals surface area contributed by atoms with Crippen molar-refractivity contribution in [2.75, 3.05) is 11.5 Å². The SMILES string of the molecule is CCOC(=O)[C@H]1C[C@]12OC(n1cnc3c(N(C(=O)OC(C)(C)C)C(=O)OC(C)(C)C)ncnc31)C1OC(C)(C)O[C@H]12. The number of amides is 2. The van der Waals surface area contributed by atoms with E-state index in [4.69, 9.17) is 28.4 Å². The number of rotatable bonds is 4. The molecule has 1 spiro atoms. The molecule has 14 nitrogen and oxygen atoms in total. The molecule has 41 heavy (non-hydrogen) atoms. The Kier molecular flexibility index (Phi) is 6.82. The van der Waals surface area contributed by atoms with Crippen molar-refractivity contribution >= 4 is 35.1 Å². The highest BCUT2D eigenvalue weighted by atomic mass is 16.8. The number of hydrogen-bond donors (Lipinski definition) is 0. The third-order valence-corrected chi connectivity index (χ3v) is 6.73. The Labute approximate surface area is 237 Å². The molecule has 0 N–H and O–H groups in total. The van der Waals surface area contributed by atoms with E-state index in [0.717, 1.165) is 0 Å². The second kappa shape index (κ2) is 9.60. The zero-order valence-corrected chi connectivity index (χ0v) is 24.8. The largest absolute Gasteiger partial charge is 0.466 e. The van der Waals surface area contributed by atoms with Gasteiger partial charge in [-0.2, -0.15) is 4.90 Å². The van der Waals surface area contributed by atoms with Gasteiger partial charge in [-0.15, -0.1) is 0 Å². The normalized spacial score (nSPS) is 28.4. The Balaban J connectivity index is 1.54. The molecular weight excluding hydrogens is 538 g/mol. The number of imidazole rings is 1. The number of hydrogen-bond acceptors (Lipinski definition) is 12. The molecule has 1 saturated carbocycles. The van der Waals surface area contributed by atoms with Gasteiger partial charge in [-0.3, -0.25) is 9.36 Å². The first-order chi connectivity index (χ1) is 19.0.